The lowest BCUT2D eigenvalue weighted by atomic mass is 9.98. The van der Waals surface area contributed by atoms with Gasteiger partial charge in [-0.05, 0) is 30.3 Å². The molecule has 0 aliphatic carbocycles. The van der Waals surface area contributed by atoms with Crippen molar-refractivity contribution < 1.29 is 13.2 Å². The van der Waals surface area contributed by atoms with E-state index in [0.29, 0.717) is 12.1 Å². The molecule has 2 aromatic carbocycles. The van der Waals surface area contributed by atoms with Crippen LogP contribution in [0.15, 0.2) is 36.4 Å². The first-order valence-electron chi connectivity index (χ1n) is 6.16. The van der Waals surface area contributed by atoms with Gasteiger partial charge in [0.2, 0.25) is 0 Å². The molecule has 0 amide bonds. The summed E-state index contributed by atoms with van der Waals surface area (Å²) in [7, 11) is 0. The molecule has 0 heterocycles. The molecular weight excluding hydrogens is 287 g/mol. The van der Waals surface area contributed by atoms with Crippen LogP contribution in [0.2, 0.25) is 5.02 Å². The summed E-state index contributed by atoms with van der Waals surface area (Å²) in [5, 5.41) is 3.04. The summed E-state index contributed by atoms with van der Waals surface area (Å²) >= 11 is 5.75. The minimum atomic E-state index is -0.656. The van der Waals surface area contributed by atoms with Crippen molar-refractivity contribution in [3.63, 3.8) is 0 Å². The second-order valence-electron chi connectivity index (χ2n) is 4.33. The zero-order valence-electron chi connectivity index (χ0n) is 10.8. The Bertz CT molecular complexity index is 616. The van der Waals surface area contributed by atoms with Gasteiger partial charge in [-0.3, -0.25) is 0 Å². The Hall–Kier alpha value is -1.52. The summed E-state index contributed by atoms with van der Waals surface area (Å²) in [5.74, 6) is -1.83. The molecule has 0 aliphatic heterocycles. The van der Waals surface area contributed by atoms with Crippen LogP contribution in [0, 0.1) is 17.5 Å². The Morgan fingerprint density at radius 2 is 1.80 bits per heavy atom. The second-order valence-corrected chi connectivity index (χ2v) is 4.74. The number of hydrogen-bond donors (Lipinski definition) is 1. The van der Waals surface area contributed by atoms with Gasteiger partial charge in [-0.1, -0.05) is 30.7 Å². The zero-order valence-corrected chi connectivity index (χ0v) is 11.5. The van der Waals surface area contributed by atoms with E-state index in [4.69, 9.17) is 11.6 Å². The van der Waals surface area contributed by atoms with Crippen LogP contribution in [0.25, 0.3) is 0 Å². The van der Waals surface area contributed by atoms with Crippen LogP contribution in [-0.4, -0.2) is 6.54 Å². The molecule has 0 saturated carbocycles. The van der Waals surface area contributed by atoms with Crippen molar-refractivity contribution in [1.29, 1.82) is 0 Å². The van der Waals surface area contributed by atoms with Crippen LogP contribution < -0.4 is 5.32 Å². The van der Waals surface area contributed by atoms with Gasteiger partial charge in [0.1, 0.15) is 17.5 Å². The van der Waals surface area contributed by atoms with Crippen LogP contribution >= 0.6 is 11.6 Å². The number of benzene rings is 2. The first-order valence-corrected chi connectivity index (χ1v) is 6.54. The maximum atomic E-state index is 13.9. The maximum absolute atomic E-state index is 13.9. The summed E-state index contributed by atoms with van der Waals surface area (Å²) in [5.41, 5.74) is 0.902. The van der Waals surface area contributed by atoms with Crippen LogP contribution in [0.3, 0.4) is 0 Å². The largest absolute Gasteiger partial charge is 0.306 e. The van der Waals surface area contributed by atoms with Crippen molar-refractivity contribution in [2.75, 3.05) is 6.54 Å². The van der Waals surface area contributed by atoms with Gasteiger partial charge in [-0.25, -0.2) is 13.2 Å². The fourth-order valence-electron chi connectivity index (χ4n) is 2.04. The van der Waals surface area contributed by atoms with Crippen molar-refractivity contribution >= 4 is 11.6 Å². The van der Waals surface area contributed by atoms with Gasteiger partial charge < -0.3 is 5.32 Å². The lowest BCUT2D eigenvalue weighted by molar-refractivity contribution is 0.540. The summed E-state index contributed by atoms with van der Waals surface area (Å²) in [6.45, 7) is 2.43. The average Bonchev–Trinajstić information content (AvgIpc) is 2.40. The molecule has 1 nitrogen and oxygen atoms in total. The van der Waals surface area contributed by atoms with E-state index in [1.54, 1.807) is 0 Å². The highest BCUT2D eigenvalue weighted by molar-refractivity contribution is 6.30. The summed E-state index contributed by atoms with van der Waals surface area (Å²) in [6, 6.07) is 7.06. The Labute approximate surface area is 120 Å². The quantitative estimate of drug-likeness (QED) is 0.879. The van der Waals surface area contributed by atoms with Crippen molar-refractivity contribution in [2.45, 2.75) is 13.0 Å². The monoisotopic (exact) mass is 299 g/mol. The van der Waals surface area contributed by atoms with Gasteiger partial charge in [-0.2, -0.15) is 0 Å². The summed E-state index contributed by atoms with van der Waals surface area (Å²) in [4.78, 5) is 0. The second kappa shape index (κ2) is 6.29. The van der Waals surface area contributed by atoms with Crippen molar-refractivity contribution in [1.82, 2.24) is 5.32 Å². The molecule has 0 aromatic heterocycles. The standard InChI is InChI=1S/C15H13ClF3N/c1-2-20-15(9-3-6-13(18)12(16)7-9)11-5-4-10(17)8-14(11)19/h3-8,15,20H,2H2,1H3. The van der Waals surface area contributed by atoms with Crippen LogP contribution in [0.4, 0.5) is 13.2 Å². The van der Waals surface area contributed by atoms with Crippen LogP contribution in [0.5, 0.6) is 0 Å². The highest BCUT2D eigenvalue weighted by atomic mass is 35.5. The molecule has 2 aromatic rings. The van der Waals surface area contributed by atoms with Gasteiger partial charge in [0.05, 0.1) is 11.1 Å². The molecule has 0 fully saturated rings. The van der Waals surface area contributed by atoms with Gasteiger partial charge in [0.15, 0.2) is 0 Å². The molecule has 0 radical (unpaired) electrons. The first-order chi connectivity index (χ1) is 9.52. The molecular formula is C15H13ClF3N. The molecule has 1 N–H and O–H groups in total. The van der Waals surface area contributed by atoms with Crippen LogP contribution in [0.1, 0.15) is 24.1 Å². The van der Waals surface area contributed by atoms with E-state index in [9.17, 15) is 13.2 Å². The van der Waals surface area contributed by atoms with Gasteiger partial charge in [-0.15, -0.1) is 0 Å². The molecule has 0 bridgehead atoms. The van der Waals surface area contributed by atoms with E-state index in [0.717, 1.165) is 6.07 Å². The number of nitrogens with one attached hydrogen (secondary N) is 1. The van der Waals surface area contributed by atoms with Gasteiger partial charge >= 0.3 is 0 Å². The number of hydrogen-bond acceptors (Lipinski definition) is 1. The van der Waals surface area contributed by atoms with E-state index in [2.05, 4.69) is 5.32 Å². The first kappa shape index (κ1) is 14.9. The fraction of sp³-hybridized carbons (Fsp3) is 0.200. The third-order valence-electron chi connectivity index (χ3n) is 2.96. The van der Waals surface area contributed by atoms with Gasteiger partial charge in [0, 0.05) is 11.6 Å². The molecule has 1 unspecified atom stereocenters. The minimum absolute atomic E-state index is 0.0343. The molecule has 20 heavy (non-hydrogen) atoms. The molecule has 2 rings (SSSR count). The lowest BCUT2D eigenvalue weighted by Crippen LogP contribution is -2.23. The highest BCUT2D eigenvalue weighted by Crippen LogP contribution is 2.28. The van der Waals surface area contributed by atoms with E-state index in [-0.39, 0.29) is 10.6 Å². The molecule has 0 saturated heterocycles. The van der Waals surface area contributed by atoms with E-state index >= 15 is 0 Å². The molecule has 0 aliphatic rings. The zero-order chi connectivity index (χ0) is 14.7. The fourth-order valence-corrected chi connectivity index (χ4v) is 2.23. The van der Waals surface area contributed by atoms with Gasteiger partial charge in [0.25, 0.3) is 0 Å². The smallest absolute Gasteiger partial charge is 0.141 e. The Balaban J connectivity index is 2.47. The number of halogens is 4. The predicted molar refractivity (Wildman–Crippen MR) is 73.3 cm³/mol. The molecule has 5 heteroatoms. The molecule has 106 valence electrons. The SMILES string of the molecule is CCNC(c1ccc(F)c(Cl)c1)c1ccc(F)cc1F. The Morgan fingerprint density at radius 3 is 2.40 bits per heavy atom. The topological polar surface area (TPSA) is 12.0 Å². The maximum Gasteiger partial charge on any atom is 0.141 e. The third-order valence-corrected chi connectivity index (χ3v) is 3.25. The van der Waals surface area contributed by atoms with E-state index in [1.807, 2.05) is 6.92 Å². The lowest BCUT2D eigenvalue weighted by Gasteiger charge is -2.20. The Morgan fingerprint density at radius 1 is 1.05 bits per heavy atom. The summed E-state index contributed by atoms with van der Waals surface area (Å²) < 4.78 is 40.1. The average molecular weight is 300 g/mol. The molecule has 1 atom stereocenters. The highest BCUT2D eigenvalue weighted by Gasteiger charge is 2.18. The third kappa shape index (κ3) is 3.14. The minimum Gasteiger partial charge on any atom is -0.306 e. The molecule has 0 spiro atoms. The predicted octanol–water partition coefficient (Wildman–Crippen LogP) is 4.46. The Kier molecular flexibility index (Phi) is 4.68. The normalized spacial score (nSPS) is 12.4. The van der Waals surface area contributed by atoms with E-state index in [1.165, 1.54) is 30.3 Å². The van der Waals surface area contributed by atoms with Crippen molar-refractivity contribution in [3.8, 4) is 0 Å². The van der Waals surface area contributed by atoms with E-state index < -0.39 is 23.5 Å². The summed E-state index contributed by atoms with van der Waals surface area (Å²) in [6.07, 6.45) is 0. The van der Waals surface area contributed by atoms with Crippen LogP contribution in [-0.2, 0) is 0 Å². The van der Waals surface area contributed by atoms with Crippen molar-refractivity contribution in [2.24, 2.45) is 0 Å². The number of rotatable bonds is 4. The van der Waals surface area contributed by atoms with Crippen molar-refractivity contribution in [3.05, 3.63) is 70.0 Å².